The standard InChI is InChI=1S/C9H12N2O4S/c1-11(2)16(14,15)10-8-5-3-7(4-6-8)9(12)13/h3-6,10H,1-2H3,(H,12,13)/p-1. The van der Waals surface area contributed by atoms with E-state index in [1.54, 1.807) is 0 Å². The summed E-state index contributed by atoms with van der Waals surface area (Å²) in [7, 11) is -0.791. The van der Waals surface area contributed by atoms with Crippen molar-refractivity contribution in [2.75, 3.05) is 18.8 Å². The fourth-order valence-electron chi connectivity index (χ4n) is 0.915. The predicted molar refractivity (Wildman–Crippen MR) is 57.0 cm³/mol. The van der Waals surface area contributed by atoms with Crippen molar-refractivity contribution in [3.05, 3.63) is 29.8 Å². The maximum atomic E-state index is 11.4. The molecule has 0 aliphatic heterocycles. The normalized spacial score (nSPS) is 11.4. The maximum Gasteiger partial charge on any atom is 0.301 e. The molecule has 0 fully saturated rings. The molecule has 88 valence electrons. The second-order valence-corrected chi connectivity index (χ2v) is 5.14. The molecule has 0 bridgehead atoms. The molecule has 1 rings (SSSR count). The highest BCUT2D eigenvalue weighted by atomic mass is 32.2. The van der Waals surface area contributed by atoms with E-state index in [2.05, 4.69) is 4.72 Å². The van der Waals surface area contributed by atoms with Crippen molar-refractivity contribution >= 4 is 21.9 Å². The number of nitrogens with zero attached hydrogens (tertiary/aromatic N) is 1. The number of carboxylic acids is 1. The Hall–Kier alpha value is -1.60. The second-order valence-electron chi connectivity index (χ2n) is 3.25. The van der Waals surface area contributed by atoms with E-state index in [9.17, 15) is 18.3 Å². The first-order valence-electron chi connectivity index (χ1n) is 4.34. The summed E-state index contributed by atoms with van der Waals surface area (Å²) in [4.78, 5) is 10.4. The molecule has 0 unspecified atom stereocenters. The summed E-state index contributed by atoms with van der Waals surface area (Å²) in [6.07, 6.45) is 0. The Labute approximate surface area is 93.7 Å². The Bertz CT molecular complexity index is 479. The molecular formula is C9H11N2O4S-. The highest BCUT2D eigenvalue weighted by molar-refractivity contribution is 7.90. The number of hydrogen-bond donors (Lipinski definition) is 1. The summed E-state index contributed by atoms with van der Waals surface area (Å²) in [6.45, 7) is 0. The molecule has 0 amide bonds. The van der Waals surface area contributed by atoms with Crippen LogP contribution < -0.4 is 9.83 Å². The lowest BCUT2D eigenvalue weighted by Crippen LogP contribution is -2.29. The Morgan fingerprint density at radius 1 is 1.25 bits per heavy atom. The molecule has 0 heterocycles. The van der Waals surface area contributed by atoms with Gasteiger partial charge >= 0.3 is 10.2 Å². The minimum absolute atomic E-state index is 0.00667. The van der Waals surface area contributed by atoms with Gasteiger partial charge in [0.15, 0.2) is 0 Å². The first-order chi connectivity index (χ1) is 7.33. The number of aromatic carboxylic acids is 1. The average Bonchev–Trinajstić information content (AvgIpc) is 2.17. The van der Waals surface area contributed by atoms with Gasteiger partial charge < -0.3 is 9.90 Å². The minimum Gasteiger partial charge on any atom is -0.545 e. The molecule has 1 aromatic rings. The van der Waals surface area contributed by atoms with Crippen LogP contribution in [0.15, 0.2) is 24.3 Å². The van der Waals surface area contributed by atoms with Gasteiger partial charge in [-0.3, -0.25) is 4.72 Å². The lowest BCUT2D eigenvalue weighted by atomic mass is 10.2. The van der Waals surface area contributed by atoms with Gasteiger partial charge in [-0.2, -0.15) is 12.7 Å². The van der Waals surface area contributed by atoms with E-state index in [0.717, 1.165) is 4.31 Å². The zero-order valence-corrected chi connectivity index (χ0v) is 9.61. The molecule has 0 aliphatic rings. The van der Waals surface area contributed by atoms with E-state index in [4.69, 9.17) is 0 Å². The van der Waals surface area contributed by atoms with E-state index < -0.39 is 16.2 Å². The molecule has 1 N–H and O–H groups in total. The van der Waals surface area contributed by atoms with Crippen LogP contribution in [0.4, 0.5) is 5.69 Å². The maximum absolute atomic E-state index is 11.4. The fraction of sp³-hybridized carbons (Fsp3) is 0.222. The zero-order chi connectivity index (χ0) is 12.3. The third-order valence-corrected chi connectivity index (χ3v) is 3.30. The number of carboxylic acid groups (broad SMARTS) is 1. The zero-order valence-electron chi connectivity index (χ0n) is 8.80. The fourth-order valence-corrected chi connectivity index (χ4v) is 1.53. The lowest BCUT2D eigenvalue weighted by Gasteiger charge is -2.13. The van der Waals surface area contributed by atoms with Gasteiger partial charge in [0.2, 0.25) is 0 Å². The summed E-state index contributed by atoms with van der Waals surface area (Å²) in [5, 5.41) is 10.4. The van der Waals surface area contributed by atoms with Crippen molar-refractivity contribution in [2.45, 2.75) is 0 Å². The van der Waals surface area contributed by atoms with Crippen molar-refractivity contribution in [3.8, 4) is 0 Å². The Morgan fingerprint density at radius 3 is 2.12 bits per heavy atom. The van der Waals surface area contributed by atoms with Crippen LogP contribution in [0.25, 0.3) is 0 Å². The van der Waals surface area contributed by atoms with Gasteiger partial charge in [0.05, 0.1) is 5.97 Å². The van der Waals surface area contributed by atoms with E-state index in [-0.39, 0.29) is 5.56 Å². The molecule has 7 heteroatoms. The average molecular weight is 243 g/mol. The molecule has 0 spiro atoms. The number of rotatable bonds is 4. The molecule has 0 aromatic heterocycles. The van der Waals surface area contributed by atoms with E-state index in [0.29, 0.717) is 5.69 Å². The number of carbonyl (C=O) groups is 1. The SMILES string of the molecule is CN(C)S(=O)(=O)Nc1ccc(C(=O)[O-])cc1. The summed E-state index contributed by atoms with van der Waals surface area (Å²) in [5.41, 5.74) is 0.284. The van der Waals surface area contributed by atoms with Gasteiger partial charge in [-0.15, -0.1) is 0 Å². The molecule has 0 radical (unpaired) electrons. The van der Waals surface area contributed by atoms with Crippen molar-refractivity contribution in [1.29, 1.82) is 0 Å². The van der Waals surface area contributed by atoms with Crippen LogP contribution in [0.3, 0.4) is 0 Å². The quantitative estimate of drug-likeness (QED) is 0.754. The van der Waals surface area contributed by atoms with Crippen LogP contribution in [-0.2, 0) is 10.2 Å². The first-order valence-corrected chi connectivity index (χ1v) is 5.78. The van der Waals surface area contributed by atoms with E-state index >= 15 is 0 Å². The van der Waals surface area contributed by atoms with Crippen LogP contribution in [0.2, 0.25) is 0 Å². The lowest BCUT2D eigenvalue weighted by molar-refractivity contribution is -0.255. The van der Waals surface area contributed by atoms with Crippen LogP contribution in [0.1, 0.15) is 10.4 Å². The molecule has 0 aliphatic carbocycles. The Balaban J connectivity index is 2.89. The third-order valence-electron chi connectivity index (χ3n) is 1.85. The van der Waals surface area contributed by atoms with Crippen LogP contribution in [0, 0.1) is 0 Å². The molecule has 0 saturated carbocycles. The number of nitrogens with one attached hydrogen (secondary N) is 1. The van der Waals surface area contributed by atoms with E-state index in [1.807, 2.05) is 0 Å². The molecule has 16 heavy (non-hydrogen) atoms. The summed E-state index contributed by atoms with van der Waals surface area (Å²) in [5.74, 6) is -1.30. The van der Waals surface area contributed by atoms with E-state index in [1.165, 1.54) is 38.4 Å². The molecule has 0 atom stereocenters. The smallest absolute Gasteiger partial charge is 0.301 e. The highest BCUT2D eigenvalue weighted by Gasteiger charge is 2.12. The first kappa shape index (κ1) is 12.5. The van der Waals surface area contributed by atoms with Crippen molar-refractivity contribution in [1.82, 2.24) is 4.31 Å². The summed E-state index contributed by atoms with van der Waals surface area (Å²) in [6, 6.07) is 5.24. The van der Waals surface area contributed by atoms with Gasteiger partial charge in [-0.05, 0) is 17.7 Å². The van der Waals surface area contributed by atoms with Crippen LogP contribution in [0.5, 0.6) is 0 Å². The summed E-state index contributed by atoms with van der Waals surface area (Å²) < 4.78 is 26.1. The number of carbonyl (C=O) groups excluding carboxylic acids is 1. The predicted octanol–water partition coefficient (Wildman–Crippen LogP) is -0.732. The Kier molecular flexibility index (Phi) is 3.51. The monoisotopic (exact) mass is 243 g/mol. The van der Waals surface area contributed by atoms with Gasteiger partial charge in [0.1, 0.15) is 0 Å². The molecular weight excluding hydrogens is 232 g/mol. The number of hydrogen-bond acceptors (Lipinski definition) is 4. The van der Waals surface area contributed by atoms with Crippen molar-refractivity contribution in [2.24, 2.45) is 0 Å². The van der Waals surface area contributed by atoms with Gasteiger partial charge in [-0.1, -0.05) is 12.1 Å². The summed E-state index contributed by atoms with van der Waals surface area (Å²) >= 11 is 0. The van der Waals surface area contributed by atoms with Gasteiger partial charge in [0.25, 0.3) is 0 Å². The molecule has 0 saturated heterocycles. The van der Waals surface area contributed by atoms with Crippen LogP contribution in [-0.4, -0.2) is 32.8 Å². The van der Waals surface area contributed by atoms with Crippen molar-refractivity contribution < 1.29 is 18.3 Å². The van der Waals surface area contributed by atoms with Gasteiger partial charge in [-0.25, -0.2) is 0 Å². The highest BCUT2D eigenvalue weighted by Crippen LogP contribution is 2.11. The number of benzene rings is 1. The number of anilines is 1. The topological polar surface area (TPSA) is 89.5 Å². The van der Waals surface area contributed by atoms with Crippen LogP contribution >= 0.6 is 0 Å². The third kappa shape index (κ3) is 2.94. The molecule has 1 aromatic carbocycles. The minimum atomic E-state index is -3.56. The van der Waals surface area contributed by atoms with Gasteiger partial charge in [0, 0.05) is 19.8 Å². The Morgan fingerprint density at radius 2 is 1.75 bits per heavy atom. The largest absolute Gasteiger partial charge is 0.545 e. The van der Waals surface area contributed by atoms with Crippen molar-refractivity contribution in [3.63, 3.8) is 0 Å². The second kappa shape index (κ2) is 4.50. The molecule has 6 nitrogen and oxygen atoms in total.